The van der Waals surface area contributed by atoms with E-state index < -0.39 is 0 Å². The van der Waals surface area contributed by atoms with Crippen molar-refractivity contribution in [2.75, 3.05) is 11.9 Å². The van der Waals surface area contributed by atoms with E-state index >= 15 is 0 Å². The molecular formula is C18H22N2OS. The molecule has 2 aromatic rings. The SMILES string of the molecule is Cc1ccc(NC(=S)NC(C)COc2ccccc2)cc1C. The number of hydrogen-bond donors (Lipinski definition) is 2. The van der Waals surface area contributed by atoms with Crippen LogP contribution in [0.5, 0.6) is 5.75 Å². The molecule has 0 radical (unpaired) electrons. The Labute approximate surface area is 137 Å². The van der Waals surface area contributed by atoms with Crippen LogP contribution in [-0.2, 0) is 0 Å². The van der Waals surface area contributed by atoms with Crippen LogP contribution in [-0.4, -0.2) is 17.8 Å². The van der Waals surface area contributed by atoms with E-state index in [9.17, 15) is 0 Å². The lowest BCUT2D eigenvalue weighted by Crippen LogP contribution is -2.39. The highest BCUT2D eigenvalue weighted by molar-refractivity contribution is 7.80. The number of ether oxygens (including phenoxy) is 1. The number of rotatable bonds is 5. The highest BCUT2D eigenvalue weighted by atomic mass is 32.1. The van der Waals surface area contributed by atoms with E-state index in [-0.39, 0.29) is 6.04 Å². The summed E-state index contributed by atoms with van der Waals surface area (Å²) in [5.41, 5.74) is 3.51. The van der Waals surface area contributed by atoms with Gasteiger partial charge in [0.05, 0.1) is 6.04 Å². The maximum absolute atomic E-state index is 5.70. The van der Waals surface area contributed by atoms with Gasteiger partial charge in [-0.15, -0.1) is 0 Å². The van der Waals surface area contributed by atoms with Crippen LogP contribution in [0.4, 0.5) is 5.69 Å². The number of anilines is 1. The number of nitrogens with one attached hydrogen (secondary N) is 2. The first-order chi connectivity index (χ1) is 10.5. The molecule has 0 aromatic heterocycles. The predicted octanol–water partition coefficient (Wildman–Crippen LogP) is 4.06. The number of para-hydroxylation sites is 1. The van der Waals surface area contributed by atoms with Crippen LogP contribution < -0.4 is 15.4 Å². The molecule has 0 amide bonds. The van der Waals surface area contributed by atoms with Gasteiger partial charge in [0.25, 0.3) is 0 Å². The smallest absolute Gasteiger partial charge is 0.171 e. The largest absolute Gasteiger partial charge is 0.491 e. The molecule has 1 unspecified atom stereocenters. The summed E-state index contributed by atoms with van der Waals surface area (Å²) in [6.45, 7) is 6.78. The summed E-state index contributed by atoms with van der Waals surface area (Å²) in [6, 6.07) is 16.1. The third-order valence-corrected chi connectivity index (χ3v) is 3.61. The lowest BCUT2D eigenvalue weighted by molar-refractivity contribution is 0.287. The van der Waals surface area contributed by atoms with Gasteiger partial charge in [0.15, 0.2) is 5.11 Å². The maximum Gasteiger partial charge on any atom is 0.171 e. The first-order valence-corrected chi connectivity index (χ1v) is 7.78. The highest BCUT2D eigenvalue weighted by Crippen LogP contribution is 2.14. The van der Waals surface area contributed by atoms with Gasteiger partial charge in [0, 0.05) is 5.69 Å². The third-order valence-electron chi connectivity index (χ3n) is 3.39. The van der Waals surface area contributed by atoms with E-state index in [2.05, 4.69) is 36.6 Å². The Hall–Kier alpha value is -2.07. The number of benzene rings is 2. The topological polar surface area (TPSA) is 33.3 Å². The normalized spacial score (nSPS) is 11.6. The van der Waals surface area contributed by atoms with Crippen molar-refractivity contribution in [3.63, 3.8) is 0 Å². The van der Waals surface area contributed by atoms with E-state index in [4.69, 9.17) is 17.0 Å². The van der Waals surface area contributed by atoms with Crippen molar-refractivity contribution in [2.45, 2.75) is 26.8 Å². The predicted molar refractivity (Wildman–Crippen MR) is 96.7 cm³/mol. The minimum atomic E-state index is 0.117. The number of aryl methyl sites for hydroxylation is 2. The minimum Gasteiger partial charge on any atom is -0.491 e. The van der Waals surface area contributed by atoms with E-state index in [0.717, 1.165) is 11.4 Å². The molecule has 2 N–H and O–H groups in total. The first-order valence-electron chi connectivity index (χ1n) is 7.37. The van der Waals surface area contributed by atoms with Gasteiger partial charge in [-0.1, -0.05) is 24.3 Å². The standard InChI is InChI=1S/C18H22N2OS/c1-13-9-10-16(11-14(13)2)20-18(22)19-15(3)12-21-17-7-5-4-6-8-17/h4-11,15H,12H2,1-3H3,(H2,19,20,22). The summed E-state index contributed by atoms with van der Waals surface area (Å²) in [4.78, 5) is 0. The summed E-state index contributed by atoms with van der Waals surface area (Å²) < 4.78 is 5.70. The van der Waals surface area contributed by atoms with Crippen LogP contribution in [0, 0.1) is 13.8 Å². The molecule has 0 fully saturated rings. The zero-order valence-corrected chi connectivity index (χ0v) is 14.0. The summed E-state index contributed by atoms with van der Waals surface area (Å²) in [5.74, 6) is 0.865. The van der Waals surface area contributed by atoms with Gasteiger partial charge in [-0.2, -0.15) is 0 Å². The summed E-state index contributed by atoms with van der Waals surface area (Å²) in [5, 5.41) is 7.04. The second-order valence-electron chi connectivity index (χ2n) is 5.42. The fraction of sp³-hybridized carbons (Fsp3) is 0.278. The molecule has 0 heterocycles. The lowest BCUT2D eigenvalue weighted by atomic mass is 10.1. The lowest BCUT2D eigenvalue weighted by Gasteiger charge is -2.18. The molecular weight excluding hydrogens is 292 g/mol. The number of hydrogen-bond acceptors (Lipinski definition) is 2. The van der Waals surface area contributed by atoms with Crippen molar-refractivity contribution in [3.8, 4) is 5.75 Å². The second kappa shape index (κ2) is 7.80. The van der Waals surface area contributed by atoms with Gasteiger partial charge in [0.1, 0.15) is 12.4 Å². The molecule has 0 saturated heterocycles. The average Bonchev–Trinajstić information content (AvgIpc) is 2.50. The number of thiocarbonyl (C=S) groups is 1. The maximum atomic E-state index is 5.70. The molecule has 0 spiro atoms. The highest BCUT2D eigenvalue weighted by Gasteiger charge is 2.06. The van der Waals surface area contributed by atoms with E-state index in [1.54, 1.807) is 0 Å². The van der Waals surface area contributed by atoms with Crippen molar-refractivity contribution in [1.82, 2.24) is 5.32 Å². The van der Waals surface area contributed by atoms with Gasteiger partial charge >= 0.3 is 0 Å². The van der Waals surface area contributed by atoms with Crippen LogP contribution in [0.3, 0.4) is 0 Å². The molecule has 2 aromatic carbocycles. The Balaban J connectivity index is 1.79. The second-order valence-corrected chi connectivity index (χ2v) is 5.83. The molecule has 116 valence electrons. The van der Waals surface area contributed by atoms with Crippen molar-refractivity contribution in [1.29, 1.82) is 0 Å². The summed E-state index contributed by atoms with van der Waals surface area (Å²) in [7, 11) is 0. The molecule has 2 rings (SSSR count). The zero-order valence-electron chi connectivity index (χ0n) is 13.2. The van der Waals surface area contributed by atoms with Gasteiger partial charge < -0.3 is 15.4 Å². The van der Waals surface area contributed by atoms with Gasteiger partial charge in [-0.05, 0) is 68.4 Å². The third kappa shape index (κ3) is 5.04. The molecule has 3 nitrogen and oxygen atoms in total. The van der Waals surface area contributed by atoms with Crippen molar-refractivity contribution < 1.29 is 4.74 Å². The van der Waals surface area contributed by atoms with Gasteiger partial charge in [-0.3, -0.25) is 0 Å². The van der Waals surface area contributed by atoms with Crippen LogP contribution in [0.15, 0.2) is 48.5 Å². The fourth-order valence-corrected chi connectivity index (χ4v) is 2.31. The summed E-state index contributed by atoms with van der Waals surface area (Å²) in [6.07, 6.45) is 0. The summed E-state index contributed by atoms with van der Waals surface area (Å²) >= 11 is 5.34. The quantitative estimate of drug-likeness (QED) is 0.816. The van der Waals surface area contributed by atoms with Crippen LogP contribution in [0.1, 0.15) is 18.1 Å². The molecule has 0 aliphatic heterocycles. The molecule has 4 heteroatoms. The first kappa shape index (κ1) is 16.3. The van der Waals surface area contributed by atoms with E-state index in [1.165, 1.54) is 11.1 Å². The Bertz CT molecular complexity index is 628. The Morgan fingerprint density at radius 1 is 1.09 bits per heavy atom. The molecule has 0 bridgehead atoms. The molecule has 0 saturated carbocycles. The van der Waals surface area contributed by atoms with Gasteiger partial charge in [-0.25, -0.2) is 0 Å². The Morgan fingerprint density at radius 2 is 1.82 bits per heavy atom. The van der Waals surface area contributed by atoms with Crippen LogP contribution in [0.25, 0.3) is 0 Å². The van der Waals surface area contributed by atoms with E-state index in [1.807, 2.05) is 43.3 Å². The Kier molecular flexibility index (Phi) is 5.78. The van der Waals surface area contributed by atoms with Crippen LogP contribution >= 0.6 is 12.2 Å². The van der Waals surface area contributed by atoms with Crippen molar-refractivity contribution >= 4 is 23.0 Å². The van der Waals surface area contributed by atoms with Crippen LogP contribution in [0.2, 0.25) is 0 Å². The fourth-order valence-electron chi connectivity index (χ4n) is 1.99. The van der Waals surface area contributed by atoms with Gasteiger partial charge in [0.2, 0.25) is 0 Å². The zero-order chi connectivity index (χ0) is 15.9. The molecule has 0 aliphatic carbocycles. The Morgan fingerprint density at radius 3 is 2.50 bits per heavy atom. The van der Waals surface area contributed by atoms with Crippen molar-refractivity contribution in [2.24, 2.45) is 0 Å². The monoisotopic (exact) mass is 314 g/mol. The average molecular weight is 314 g/mol. The molecule has 0 aliphatic rings. The molecule has 1 atom stereocenters. The molecule has 22 heavy (non-hydrogen) atoms. The van der Waals surface area contributed by atoms with Crippen molar-refractivity contribution in [3.05, 3.63) is 59.7 Å². The minimum absolute atomic E-state index is 0.117. The van der Waals surface area contributed by atoms with E-state index in [0.29, 0.717) is 11.7 Å².